The fourth-order valence-corrected chi connectivity index (χ4v) is 10.2. The van der Waals surface area contributed by atoms with Crippen LogP contribution in [0.5, 0.6) is 0 Å². The summed E-state index contributed by atoms with van der Waals surface area (Å²) < 4.78 is 0. The first kappa shape index (κ1) is 35.2. The molecule has 0 saturated heterocycles. The minimum atomic E-state index is -0.131. The summed E-state index contributed by atoms with van der Waals surface area (Å²) in [5.74, 6) is 0. The van der Waals surface area contributed by atoms with E-state index in [-0.39, 0.29) is 10.8 Å². The van der Waals surface area contributed by atoms with Crippen LogP contribution in [-0.2, 0) is 10.8 Å². The molecule has 0 atom stereocenters. The Bertz CT molecular complexity index is 3090. The monoisotopic (exact) mass is 755 g/mol. The number of hydrogen-bond donors (Lipinski definition) is 0. The topological polar surface area (TPSA) is 3.24 Å². The van der Waals surface area contributed by atoms with Crippen molar-refractivity contribution in [2.75, 3.05) is 4.90 Å². The van der Waals surface area contributed by atoms with Crippen LogP contribution in [0.25, 0.3) is 66.4 Å². The van der Waals surface area contributed by atoms with Gasteiger partial charge in [-0.15, -0.1) is 0 Å². The average Bonchev–Trinajstić information content (AvgIpc) is 3.65. The maximum atomic E-state index is 2.48. The third kappa shape index (κ3) is 5.53. The largest absolute Gasteiger partial charge is 0.310 e. The van der Waals surface area contributed by atoms with Gasteiger partial charge in [0.1, 0.15) is 0 Å². The van der Waals surface area contributed by atoms with E-state index in [1.165, 1.54) is 88.7 Å². The zero-order chi connectivity index (χ0) is 39.9. The van der Waals surface area contributed by atoms with Gasteiger partial charge in [-0.2, -0.15) is 0 Å². The van der Waals surface area contributed by atoms with E-state index in [1.807, 2.05) is 0 Å². The van der Waals surface area contributed by atoms with Gasteiger partial charge in [0.25, 0.3) is 0 Å². The molecule has 0 fully saturated rings. The zero-order valence-electron chi connectivity index (χ0n) is 34.0. The lowest BCUT2D eigenvalue weighted by atomic mass is 9.81. The maximum absolute atomic E-state index is 2.48. The molecule has 1 nitrogen and oxygen atoms in total. The highest BCUT2D eigenvalue weighted by atomic mass is 15.1. The summed E-state index contributed by atoms with van der Waals surface area (Å²) in [4.78, 5) is 2.48. The normalized spacial score (nSPS) is 14.0. The standard InChI is InChI=1S/C58H45N/c1-57(2)51-22-12-10-19-47(51)49-33-29-42(36-53(49)57)39-27-30-44(31-28-39)59(45-32-34-50-48-20-11-13-23-52(48)58(3,4)54(50)37-45)55-24-14-21-46(56(55)40-16-6-5-7-17-40)43-26-25-38-15-8-9-18-41(38)35-43/h5-37H,1-4H3. The van der Waals surface area contributed by atoms with Crippen molar-refractivity contribution >= 4 is 27.8 Å². The van der Waals surface area contributed by atoms with Crippen LogP contribution in [0, 0.1) is 0 Å². The van der Waals surface area contributed by atoms with Gasteiger partial charge in [-0.3, -0.25) is 0 Å². The van der Waals surface area contributed by atoms with Crippen molar-refractivity contribution < 1.29 is 0 Å². The number of hydrogen-bond acceptors (Lipinski definition) is 1. The summed E-state index contributed by atoms with van der Waals surface area (Å²) in [5.41, 5.74) is 21.3. The molecule has 2 aliphatic carbocycles. The average molecular weight is 756 g/mol. The Morgan fingerprint density at radius 3 is 1.54 bits per heavy atom. The van der Waals surface area contributed by atoms with Crippen LogP contribution in [0.2, 0.25) is 0 Å². The molecule has 0 unspecified atom stereocenters. The summed E-state index contributed by atoms with van der Waals surface area (Å²) in [6, 6.07) is 74.4. The molecule has 0 aromatic heterocycles. The summed E-state index contributed by atoms with van der Waals surface area (Å²) in [5, 5.41) is 2.48. The first-order chi connectivity index (χ1) is 28.8. The van der Waals surface area contributed by atoms with Crippen LogP contribution < -0.4 is 4.90 Å². The minimum Gasteiger partial charge on any atom is -0.310 e. The van der Waals surface area contributed by atoms with Crippen molar-refractivity contribution in [3.63, 3.8) is 0 Å². The number of rotatable bonds is 6. The minimum absolute atomic E-state index is 0.0520. The first-order valence-electron chi connectivity index (χ1n) is 20.8. The van der Waals surface area contributed by atoms with Gasteiger partial charge in [0.2, 0.25) is 0 Å². The number of anilines is 3. The Labute approximate surface area is 347 Å². The molecular formula is C58H45N. The predicted octanol–water partition coefficient (Wildman–Crippen LogP) is 15.9. The molecule has 11 rings (SSSR count). The van der Waals surface area contributed by atoms with Crippen LogP contribution >= 0.6 is 0 Å². The first-order valence-corrected chi connectivity index (χ1v) is 20.8. The van der Waals surface area contributed by atoms with Crippen LogP contribution in [0.1, 0.15) is 49.9 Å². The van der Waals surface area contributed by atoms with Crippen LogP contribution in [0.15, 0.2) is 200 Å². The molecule has 0 spiro atoms. The number of benzene rings is 9. The molecule has 0 amide bonds. The molecule has 0 N–H and O–H groups in total. The molecule has 1 heteroatoms. The predicted molar refractivity (Wildman–Crippen MR) is 250 cm³/mol. The Morgan fingerprint density at radius 2 is 0.831 bits per heavy atom. The van der Waals surface area contributed by atoms with Gasteiger partial charge in [-0.05, 0) is 126 Å². The van der Waals surface area contributed by atoms with Crippen LogP contribution in [0.3, 0.4) is 0 Å². The van der Waals surface area contributed by atoms with Crippen molar-refractivity contribution in [2.45, 2.75) is 38.5 Å². The Morgan fingerprint density at radius 1 is 0.305 bits per heavy atom. The molecule has 0 radical (unpaired) electrons. The summed E-state index contributed by atoms with van der Waals surface area (Å²) >= 11 is 0. The highest BCUT2D eigenvalue weighted by molar-refractivity contribution is 5.99. The second-order valence-corrected chi connectivity index (χ2v) is 17.3. The number of nitrogens with zero attached hydrogens (tertiary/aromatic N) is 1. The van der Waals surface area contributed by atoms with Crippen molar-refractivity contribution in [3.05, 3.63) is 222 Å². The van der Waals surface area contributed by atoms with Gasteiger partial charge in [-0.25, -0.2) is 0 Å². The summed E-state index contributed by atoms with van der Waals surface area (Å²) in [6.45, 7) is 9.45. The highest BCUT2D eigenvalue weighted by Gasteiger charge is 2.37. The van der Waals surface area contributed by atoms with E-state index >= 15 is 0 Å². The summed E-state index contributed by atoms with van der Waals surface area (Å²) in [6.07, 6.45) is 0. The van der Waals surface area contributed by atoms with Gasteiger partial charge in [0, 0.05) is 27.8 Å². The van der Waals surface area contributed by atoms with Crippen molar-refractivity contribution in [2.24, 2.45) is 0 Å². The molecule has 9 aromatic carbocycles. The van der Waals surface area contributed by atoms with Gasteiger partial charge in [0.15, 0.2) is 0 Å². The van der Waals surface area contributed by atoms with E-state index in [2.05, 4.69) is 233 Å². The van der Waals surface area contributed by atoms with Gasteiger partial charge < -0.3 is 4.90 Å². The zero-order valence-corrected chi connectivity index (χ0v) is 34.0. The summed E-state index contributed by atoms with van der Waals surface area (Å²) in [7, 11) is 0. The van der Waals surface area contributed by atoms with E-state index in [0.29, 0.717) is 0 Å². The molecule has 0 heterocycles. The highest BCUT2D eigenvalue weighted by Crippen LogP contribution is 2.53. The number of fused-ring (bicyclic) bond motifs is 7. The second-order valence-electron chi connectivity index (χ2n) is 17.3. The Balaban J connectivity index is 1.10. The fourth-order valence-electron chi connectivity index (χ4n) is 10.2. The molecule has 0 bridgehead atoms. The van der Waals surface area contributed by atoms with E-state index in [1.54, 1.807) is 0 Å². The lowest BCUT2D eigenvalue weighted by Crippen LogP contribution is -2.17. The van der Waals surface area contributed by atoms with Crippen LogP contribution in [0.4, 0.5) is 17.1 Å². The lowest BCUT2D eigenvalue weighted by Gasteiger charge is -2.31. The van der Waals surface area contributed by atoms with E-state index in [9.17, 15) is 0 Å². The SMILES string of the molecule is CC1(C)c2ccccc2-c2ccc(-c3ccc(N(c4ccc5c(c4)C(C)(C)c4ccccc4-5)c4cccc(-c5ccc6ccccc6c5)c4-c4ccccc4)cc3)cc21. The van der Waals surface area contributed by atoms with E-state index in [0.717, 1.165) is 17.1 Å². The van der Waals surface area contributed by atoms with Crippen LogP contribution in [-0.4, -0.2) is 0 Å². The molecular weight excluding hydrogens is 711 g/mol. The smallest absolute Gasteiger partial charge is 0.0546 e. The molecule has 59 heavy (non-hydrogen) atoms. The van der Waals surface area contributed by atoms with E-state index in [4.69, 9.17) is 0 Å². The van der Waals surface area contributed by atoms with E-state index < -0.39 is 0 Å². The third-order valence-electron chi connectivity index (χ3n) is 13.3. The molecule has 9 aromatic rings. The quantitative estimate of drug-likeness (QED) is 0.163. The lowest BCUT2D eigenvalue weighted by molar-refractivity contribution is 0.660. The van der Waals surface area contributed by atoms with Crippen molar-refractivity contribution in [3.8, 4) is 55.6 Å². The second kappa shape index (κ2) is 13.3. The van der Waals surface area contributed by atoms with Gasteiger partial charge >= 0.3 is 0 Å². The van der Waals surface area contributed by atoms with Crippen molar-refractivity contribution in [1.82, 2.24) is 0 Å². The van der Waals surface area contributed by atoms with Gasteiger partial charge in [0.05, 0.1) is 5.69 Å². The molecule has 2 aliphatic rings. The molecule has 282 valence electrons. The molecule has 0 saturated carbocycles. The van der Waals surface area contributed by atoms with Gasteiger partial charge in [-0.1, -0.05) is 185 Å². The maximum Gasteiger partial charge on any atom is 0.0546 e. The third-order valence-corrected chi connectivity index (χ3v) is 13.3. The van der Waals surface area contributed by atoms with Crippen molar-refractivity contribution in [1.29, 1.82) is 0 Å². The Kier molecular flexibility index (Phi) is 7.94. The fraction of sp³-hybridized carbons (Fsp3) is 0.103. The molecule has 0 aliphatic heterocycles. The Hall–Kier alpha value is -6.96.